The van der Waals surface area contributed by atoms with E-state index in [9.17, 15) is 26.4 Å². The van der Waals surface area contributed by atoms with E-state index in [2.05, 4.69) is 0 Å². The summed E-state index contributed by atoms with van der Waals surface area (Å²) < 4.78 is 74.7. The van der Waals surface area contributed by atoms with Gasteiger partial charge in [-0.25, -0.2) is 13.2 Å². The smallest absolute Gasteiger partial charge is 0.416 e. The molecule has 1 aromatic heterocycles. The maximum Gasteiger partial charge on any atom is 0.416 e. The molecule has 0 saturated carbocycles. The molecule has 0 spiro atoms. The Kier molecular flexibility index (Phi) is 6.08. The van der Waals surface area contributed by atoms with Crippen molar-refractivity contribution in [2.75, 3.05) is 26.3 Å². The highest BCUT2D eigenvalue weighted by molar-refractivity contribution is 7.89. The molecule has 28 heavy (non-hydrogen) atoms. The lowest BCUT2D eigenvalue weighted by Crippen LogP contribution is -2.40. The SMILES string of the molecule is O=C(OCc1ccc(C(F)(F)F)cc1)c1sccc1S(=O)(=O)N1CCOCC1. The van der Waals surface area contributed by atoms with Gasteiger partial charge in [0.25, 0.3) is 0 Å². The summed E-state index contributed by atoms with van der Waals surface area (Å²) in [6.07, 6.45) is -4.45. The summed E-state index contributed by atoms with van der Waals surface area (Å²) in [6.45, 7) is 0.663. The Hall–Kier alpha value is -1.95. The maximum absolute atomic E-state index is 12.7. The van der Waals surface area contributed by atoms with Gasteiger partial charge in [0.15, 0.2) is 0 Å². The normalized spacial score (nSPS) is 16.1. The van der Waals surface area contributed by atoms with Crippen LogP contribution in [0.1, 0.15) is 20.8 Å². The zero-order valence-electron chi connectivity index (χ0n) is 14.4. The monoisotopic (exact) mass is 435 g/mol. The Morgan fingerprint density at radius 3 is 2.39 bits per heavy atom. The Bertz CT molecular complexity index is 932. The van der Waals surface area contributed by atoms with Gasteiger partial charge < -0.3 is 9.47 Å². The van der Waals surface area contributed by atoms with E-state index in [0.29, 0.717) is 5.56 Å². The summed E-state index contributed by atoms with van der Waals surface area (Å²) in [5, 5.41) is 1.47. The second kappa shape index (κ2) is 8.19. The third kappa shape index (κ3) is 4.54. The molecular weight excluding hydrogens is 419 g/mol. The number of benzene rings is 1. The molecule has 152 valence electrons. The highest BCUT2D eigenvalue weighted by Gasteiger charge is 2.32. The number of nitrogens with zero attached hydrogens (tertiary/aromatic N) is 1. The predicted octanol–water partition coefficient (Wildman–Crippen LogP) is 3.14. The number of halogens is 3. The van der Waals surface area contributed by atoms with Crippen LogP contribution in [0.15, 0.2) is 40.6 Å². The Labute approximate surface area is 163 Å². The van der Waals surface area contributed by atoms with Crippen molar-refractivity contribution in [2.45, 2.75) is 17.7 Å². The molecule has 6 nitrogen and oxygen atoms in total. The van der Waals surface area contributed by atoms with Gasteiger partial charge in [-0.05, 0) is 29.1 Å². The molecule has 1 saturated heterocycles. The first-order valence-corrected chi connectivity index (χ1v) is 10.5. The number of hydrogen-bond donors (Lipinski definition) is 0. The van der Waals surface area contributed by atoms with Crippen molar-refractivity contribution < 1.29 is 35.9 Å². The molecule has 0 amide bonds. The number of alkyl halides is 3. The minimum Gasteiger partial charge on any atom is -0.457 e. The van der Waals surface area contributed by atoms with Crippen LogP contribution in [0.2, 0.25) is 0 Å². The van der Waals surface area contributed by atoms with E-state index in [-0.39, 0.29) is 42.7 Å². The minimum atomic E-state index is -4.45. The summed E-state index contributed by atoms with van der Waals surface area (Å²) in [5.41, 5.74) is -0.449. The van der Waals surface area contributed by atoms with Crippen molar-refractivity contribution >= 4 is 27.3 Å². The molecule has 2 heterocycles. The van der Waals surface area contributed by atoms with Crippen molar-refractivity contribution in [3.05, 3.63) is 51.7 Å². The lowest BCUT2D eigenvalue weighted by atomic mass is 10.1. The average molecular weight is 435 g/mol. The highest BCUT2D eigenvalue weighted by atomic mass is 32.2. The summed E-state index contributed by atoms with van der Waals surface area (Å²) in [4.78, 5) is 12.1. The lowest BCUT2D eigenvalue weighted by molar-refractivity contribution is -0.137. The zero-order valence-corrected chi connectivity index (χ0v) is 16.1. The van der Waals surface area contributed by atoms with Crippen molar-refractivity contribution in [1.29, 1.82) is 0 Å². The van der Waals surface area contributed by atoms with E-state index in [0.717, 1.165) is 23.5 Å². The van der Waals surface area contributed by atoms with Gasteiger partial charge in [0.1, 0.15) is 16.4 Å². The van der Waals surface area contributed by atoms with Gasteiger partial charge in [-0.1, -0.05) is 12.1 Å². The molecule has 1 aliphatic heterocycles. The van der Waals surface area contributed by atoms with Crippen LogP contribution in [-0.4, -0.2) is 45.0 Å². The largest absolute Gasteiger partial charge is 0.457 e. The number of morpholine rings is 1. The van der Waals surface area contributed by atoms with E-state index in [1.165, 1.54) is 27.9 Å². The minimum absolute atomic E-state index is 0.0709. The average Bonchev–Trinajstić information content (AvgIpc) is 3.17. The molecule has 1 aliphatic rings. The molecular formula is C17H16F3NO5S2. The maximum atomic E-state index is 12.7. The van der Waals surface area contributed by atoms with Crippen molar-refractivity contribution in [3.63, 3.8) is 0 Å². The highest BCUT2D eigenvalue weighted by Crippen LogP contribution is 2.30. The number of ether oxygens (including phenoxy) is 2. The zero-order chi connectivity index (χ0) is 20.4. The Morgan fingerprint density at radius 1 is 1.14 bits per heavy atom. The predicted molar refractivity (Wildman–Crippen MR) is 94.5 cm³/mol. The van der Waals surface area contributed by atoms with Gasteiger partial charge in [0.05, 0.1) is 18.8 Å². The number of carbonyl (C=O) groups excluding carboxylic acids is 1. The molecule has 0 aliphatic carbocycles. The van der Waals surface area contributed by atoms with Gasteiger partial charge in [-0.2, -0.15) is 17.5 Å². The number of hydrogen-bond acceptors (Lipinski definition) is 6. The lowest BCUT2D eigenvalue weighted by Gasteiger charge is -2.25. The molecule has 0 bridgehead atoms. The standard InChI is InChI=1S/C17H16F3NO5S2/c18-17(19,20)13-3-1-12(2-4-13)11-26-16(22)15-14(5-10-27-15)28(23,24)21-6-8-25-9-7-21/h1-5,10H,6-9,11H2. The third-order valence-electron chi connectivity index (χ3n) is 4.05. The molecule has 11 heteroatoms. The van der Waals surface area contributed by atoms with Crippen LogP contribution in [0.5, 0.6) is 0 Å². The van der Waals surface area contributed by atoms with Crippen LogP contribution in [0.4, 0.5) is 13.2 Å². The fourth-order valence-corrected chi connectivity index (χ4v) is 5.27. The quantitative estimate of drug-likeness (QED) is 0.675. The first kappa shape index (κ1) is 20.8. The van der Waals surface area contributed by atoms with E-state index in [4.69, 9.17) is 9.47 Å². The number of carbonyl (C=O) groups is 1. The van der Waals surface area contributed by atoms with Crippen LogP contribution in [0.3, 0.4) is 0 Å². The number of esters is 1. The van der Waals surface area contributed by atoms with Gasteiger partial charge in [0.2, 0.25) is 10.0 Å². The fourth-order valence-electron chi connectivity index (χ4n) is 2.58. The van der Waals surface area contributed by atoms with Crippen LogP contribution < -0.4 is 0 Å². The Morgan fingerprint density at radius 2 is 1.79 bits per heavy atom. The fraction of sp³-hybridized carbons (Fsp3) is 0.353. The van der Waals surface area contributed by atoms with Gasteiger partial charge in [-0.3, -0.25) is 0 Å². The van der Waals surface area contributed by atoms with E-state index in [1.807, 2.05) is 0 Å². The second-order valence-electron chi connectivity index (χ2n) is 5.90. The van der Waals surface area contributed by atoms with E-state index >= 15 is 0 Å². The van der Waals surface area contributed by atoms with Gasteiger partial charge in [0, 0.05) is 13.1 Å². The number of sulfonamides is 1. The van der Waals surface area contributed by atoms with Gasteiger partial charge in [-0.15, -0.1) is 11.3 Å². The number of thiophene rings is 1. The molecule has 0 N–H and O–H groups in total. The van der Waals surface area contributed by atoms with Crippen molar-refractivity contribution in [1.82, 2.24) is 4.31 Å². The summed E-state index contributed by atoms with van der Waals surface area (Å²) in [7, 11) is -3.86. The topological polar surface area (TPSA) is 72.9 Å². The molecule has 0 unspecified atom stereocenters. The molecule has 0 radical (unpaired) electrons. The first-order valence-electron chi connectivity index (χ1n) is 8.18. The van der Waals surface area contributed by atoms with Crippen LogP contribution in [0, 0.1) is 0 Å². The molecule has 1 aromatic carbocycles. The summed E-state index contributed by atoms with van der Waals surface area (Å²) >= 11 is 0.929. The third-order valence-corrected chi connectivity index (χ3v) is 7.02. The first-order chi connectivity index (χ1) is 13.2. The molecule has 1 fully saturated rings. The van der Waals surface area contributed by atoms with Gasteiger partial charge >= 0.3 is 12.1 Å². The van der Waals surface area contributed by atoms with Crippen molar-refractivity contribution in [2.24, 2.45) is 0 Å². The van der Waals surface area contributed by atoms with Crippen LogP contribution in [0.25, 0.3) is 0 Å². The second-order valence-corrected chi connectivity index (χ2v) is 8.72. The van der Waals surface area contributed by atoms with E-state index in [1.54, 1.807) is 0 Å². The Balaban J connectivity index is 1.70. The molecule has 0 atom stereocenters. The summed E-state index contributed by atoms with van der Waals surface area (Å²) in [5.74, 6) is -0.846. The van der Waals surface area contributed by atoms with Crippen molar-refractivity contribution in [3.8, 4) is 0 Å². The summed E-state index contributed by atoms with van der Waals surface area (Å²) in [6, 6.07) is 5.53. The molecule has 3 rings (SSSR count). The van der Waals surface area contributed by atoms with Crippen LogP contribution in [-0.2, 0) is 32.3 Å². The van der Waals surface area contributed by atoms with Crippen LogP contribution >= 0.6 is 11.3 Å². The number of rotatable bonds is 5. The van der Waals surface area contributed by atoms with E-state index < -0.39 is 27.7 Å². The molecule has 2 aromatic rings.